The average Bonchev–Trinajstić information content (AvgIpc) is 2.97. The number of rotatable bonds is 4. The minimum Gasteiger partial charge on any atom is -0.504 e. The lowest BCUT2D eigenvalue weighted by Crippen LogP contribution is -2.41. The summed E-state index contributed by atoms with van der Waals surface area (Å²) >= 11 is 0. The maximum Gasteiger partial charge on any atom is 0.262 e. The van der Waals surface area contributed by atoms with Gasteiger partial charge in [-0.05, 0) is 31.9 Å². The maximum absolute atomic E-state index is 12.7. The first-order chi connectivity index (χ1) is 12.3. The first kappa shape index (κ1) is 18.3. The smallest absolute Gasteiger partial charge is 0.262 e. The number of carbonyl (C=O) groups excluding carboxylic acids is 1. The van der Waals surface area contributed by atoms with E-state index >= 15 is 0 Å². The van der Waals surface area contributed by atoms with E-state index in [4.69, 9.17) is 0 Å². The van der Waals surface area contributed by atoms with Gasteiger partial charge in [0.15, 0.2) is 16.6 Å². The van der Waals surface area contributed by atoms with E-state index in [2.05, 4.69) is 15.3 Å². The highest BCUT2D eigenvalue weighted by molar-refractivity contribution is 7.89. The van der Waals surface area contributed by atoms with Gasteiger partial charge in [0, 0.05) is 38.4 Å². The lowest BCUT2D eigenvalue weighted by molar-refractivity contribution is -0.120. The van der Waals surface area contributed by atoms with Crippen LogP contribution in [0.2, 0.25) is 0 Å². The highest BCUT2D eigenvalue weighted by Gasteiger charge is 2.33. The van der Waals surface area contributed by atoms with Crippen LogP contribution in [-0.4, -0.2) is 51.4 Å². The molecule has 3 rings (SSSR count). The molecule has 1 aliphatic heterocycles. The molecule has 1 aliphatic rings. The lowest BCUT2D eigenvalue weighted by atomic mass is 9.97. The molecule has 2 aromatic rings. The minimum absolute atomic E-state index is 0.0267. The van der Waals surface area contributed by atoms with Crippen molar-refractivity contribution >= 4 is 21.7 Å². The molecule has 0 atom stereocenters. The van der Waals surface area contributed by atoms with Gasteiger partial charge in [-0.2, -0.15) is 4.31 Å². The zero-order valence-electron chi connectivity index (χ0n) is 14.6. The number of aryl methyl sites for hydroxylation is 2. The predicted octanol–water partition coefficient (Wildman–Crippen LogP) is 0.869. The van der Waals surface area contributed by atoms with Crippen LogP contribution in [-0.2, 0) is 21.9 Å². The van der Waals surface area contributed by atoms with E-state index in [9.17, 15) is 18.3 Å². The zero-order valence-corrected chi connectivity index (χ0v) is 15.4. The molecule has 26 heavy (non-hydrogen) atoms. The van der Waals surface area contributed by atoms with Crippen LogP contribution >= 0.6 is 0 Å². The van der Waals surface area contributed by atoms with Crippen molar-refractivity contribution in [3.05, 3.63) is 30.4 Å². The summed E-state index contributed by atoms with van der Waals surface area (Å²) in [5.74, 6) is 0.00829. The molecule has 1 amide bonds. The summed E-state index contributed by atoms with van der Waals surface area (Å²) in [5.41, 5.74) is 0. The molecule has 0 saturated carbocycles. The number of nitrogens with one attached hydrogen (secondary N) is 1. The fourth-order valence-electron chi connectivity index (χ4n) is 2.85. The average molecular weight is 379 g/mol. The molecule has 0 radical (unpaired) electrons. The summed E-state index contributed by atoms with van der Waals surface area (Å²) in [4.78, 5) is 20.4. The fourth-order valence-corrected chi connectivity index (χ4v) is 4.35. The van der Waals surface area contributed by atoms with Crippen LogP contribution in [0.25, 0.3) is 0 Å². The van der Waals surface area contributed by atoms with E-state index < -0.39 is 10.0 Å². The molecule has 2 N–H and O–H groups in total. The van der Waals surface area contributed by atoms with Gasteiger partial charge >= 0.3 is 0 Å². The number of aromatic hydroxyl groups is 1. The van der Waals surface area contributed by atoms with E-state index in [0.29, 0.717) is 18.7 Å². The summed E-state index contributed by atoms with van der Waals surface area (Å²) in [5, 5.41) is 12.3. The molecule has 0 aromatic carbocycles. The predicted molar refractivity (Wildman–Crippen MR) is 94.0 cm³/mol. The second kappa shape index (κ2) is 7.04. The van der Waals surface area contributed by atoms with Crippen LogP contribution in [0.1, 0.15) is 18.7 Å². The van der Waals surface area contributed by atoms with Crippen LogP contribution < -0.4 is 5.32 Å². The molecule has 2 aromatic heterocycles. The molecule has 0 unspecified atom stereocenters. The van der Waals surface area contributed by atoms with Gasteiger partial charge in [0.25, 0.3) is 10.0 Å². The van der Waals surface area contributed by atoms with Crippen molar-refractivity contribution in [3.63, 3.8) is 0 Å². The Hall–Kier alpha value is -2.46. The number of imidazole rings is 1. The van der Waals surface area contributed by atoms with Gasteiger partial charge < -0.3 is 15.0 Å². The summed E-state index contributed by atoms with van der Waals surface area (Å²) in [7, 11) is -1.92. The Bertz CT molecular complexity index is 897. The largest absolute Gasteiger partial charge is 0.504 e. The zero-order chi connectivity index (χ0) is 18.9. The standard InChI is InChI=1S/C16H21N5O4S/c1-11-18-14(10-20(11)2)26(24,25)21-8-5-12(6-9-21)16(23)19-15-13(22)4-3-7-17-15/h3-4,7,10,12,22H,5-6,8-9H2,1-2H3,(H,17,19,23). The minimum atomic E-state index is -3.66. The Morgan fingerprint density at radius 3 is 2.62 bits per heavy atom. The van der Waals surface area contributed by atoms with Crippen LogP contribution in [0.15, 0.2) is 29.6 Å². The molecule has 9 nitrogen and oxygen atoms in total. The van der Waals surface area contributed by atoms with Gasteiger partial charge in [-0.15, -0.1) is 0 Å². The summed E-state index contributed by atoms with van der Waals surface area (Å²) in [6, 6.07) is 3.00. The van der Waals surface area contributed by atoms with Crippen molar-refractivity contribution in [1.29, 1.82) is 0 Å². The number of hydrogen-bond acceptors (Lipinski definition) is 6. The first-order valence-corrected chi connectivity index (χ1v) is 9.68. The van der Waals surface area contributed by atoms with E-state index in [1.807, 2.05) is 0 Å². The quantitative estimate of drug-likeness (QED) is 0.814. The highest BCUT2D eigenvalue weighted by Crippen LogP contribution is 2.26. The number of hydrogen-bond donors (Lipinski definition) is 2. The van der Waals surface area contributed by atoms with Crippen LogP contribution in [0, 0.1) is 12.8 Å². The van der Waals surface area contributed by atoms with Crippen molar-refractivity contribution < 1.29 is 18.3 Å². The Morgan fingerprint density at radius 2 is 2.04 bits per heavy atom. The van der Waals surface area contributed by atoms with Crippen molar-refractivity contribution in [3.8, 4) is 5.75 Å². The van der Waals surface area contributed by atoms with E-state index in [1.54, 1.807) is 24.6 Å². The topological polar surface area (TPSA) is 117 Å². The Balaban J connectivity index is 1.63. The van der Waals surface area contributed by atoms with Crippen LogP contribution in [0.4, 0.5) is 5.82 Å². The number of sulfonamides is 1. The van der Waals surface area contributed by atoms with E-state index in [0.717, 1.165) is 0 Å². The number of piperidine rings is 1. The van der Waals surface area contributed by atoms with Gasteiger partial charge in [0.1, 0.15) is 5.82 Å². The molecule has 1 saturated heterocycles. The molecule has 0 spiro atoms. The number of pyridine rings is 1. The van der Waals surface area contributed by atoms with Crippen molar-refractivity contribution in [2.75, 3.05) is 18.4 Å². The van der Waals surface area contributed by atoms with Crippen molar-refractivity contribution in [2.24, 2.45) is 13.0 Å². The number of nitrogens with zero attached hydrogens (tertiary/aromatic N) is 4. The third-order valence-corrected chi connectivity index (χ3v) is 6.31. The lowest BCUT2D eigenvalue weighted by Gasteiger charge is -2.29. The van der Waals surface area contributed by atoms with E-state index in [1.165, 1.54) is 22.8 Å². The fraction of sp³-hybridized carbons (Fsp3) is 0.438. The number of carbonyl (C=O) groups is 1. The molecule has 140 valence electrons. The summed E-state index contributed by atoms with van der Waals surface area (Å²) < 4.78 is 28.4. The van der Waals surface area contributed by atoms with Crippen LogP contribution in [0.5, 0.6) is 5.75 Å². The molecule has 0 aliphatic carbocycles. The summed E-state index contributed by atoms with van der Waals surface area (Å²) in [6.07, 6.45) is 3.75. The maximum atomic E-state index is 12.7. The van der Waals surface area contributed by atoms with E-state index in [-0.39, 0.29) is 41.5 Å². The van der Waals surface area contributed by atoms with Crippen molar-refractivity contribution in [1.82, 2.24) is 18.8 Å². The molecule has 0 bridgehead atoms. The van der Waals surface area contributed by atoms with Gasteiger partial charge in [-0.3, -0.25) is 4.79 Å². The highest BCUT2D eigenvalue weighted by atomic mass is 32.2. The molecule has 3 heterocycles. The van der Waals surface area contributed by atoms with Gasteiger partial charge in [-0.25, -0.2) is 18.4 Å². The second-order valence-electron chi connectivity index (χ2n) is 6.28. The second-order valence-corrected chi connectivity index (χ2v) is 8.16. The van der Waals surface area contributed by atoms with Gasteiger partial charge in [-0.1, -0.05) is 0 Å². The normalized spacial score (nSPS) is 16.5. The number of aromatic nitrogens is 3. The van der Waals surface area contributed by atoms with Crippen LogP contribution in [0.3, 0.4) is 0 Å². The molecule has 10 heteroatoms. The first-order valence-electron chi connectivity index (χ1n) is 8.24. The summed E-state index contributed by atoms with van der Waals surface area (Å²) in [6.45, 7) is 2.22. The molecular weight excluding hydrogens is 358 g/mol. The van der Waals surface area contributed by atoms with Crippen molar-refractivity contribution in [2.45, 2.75) is 24.8 Å². The third-order valence-electron chi connectivity index (χ3n) is 4.54. The number of anilines is 1. The van der Waals surface area contributed by atoms with Gasteiger partial charge in [0.05, 0.1) is 0 Å². The monoisotopic (exact) mass is 379 g/mol. The third kappa shape index (κ3) is 3.56. The SMILES string of the molecule is Cc1nc(S(=O)(=O)N2CCC(C(=O)Nc3ncccc3O)CC2)cn1C. The Morgan fingerprint density at radius 1 is 1.35 bits per heavy atom. The van der Waals surface area contributed by atoms with Gasteiger partial charge in [0.2, 0.25) is 5.91 Å². The molecular formula is C16H21N5O4S. The number of amides is 1. The Kier molecular flexibility index (Phi) is 4.97. The Labute approximate surface area is 151 Å². The molecule has 1 fully saturated rings.